The summed E-state index contributed by atoms with van der Waals surface area (Å²) in [7, 11) is 0. The fourth-order valence-electron chi connectivity index (χ4n) is 5.26. The van der Waals surface area contributed by atoms with Crippen molar-refractivity contribution in [2.45, 2.75) is 75.8 Å². The number of rotatable bonds is 6. The zero-order chi connectivity index (χ0) is 21.6. The van der Waals surface area contributed by atoms with Crippen LogP contribution in [0.1, 0.15) is 50.5 Å². The van der Waals surface area contributed by atoms with Gasteiger partial charge >= 0.3 is 0 Å². The first kappa shape index (κ1) is 23.0. The number of nitrogens with one attached hydrogen (secondary N) is 1. The normalized spacial score (nSPS) is 30.4. The summed E-state index contributed by atoms with van der Waals surface area (Å²) in [4.78, 5) is 14.9. The molecule has 2 saturated heterocycles. The number of aliphatic hydroxyl groups excluding tert-OH is 1. The van der Waals surface area contributed by atoms with Crippen LogP contribution in [0.5, 0.6) is 0 Å². The summed E-state index contributed by atoms with van der Waals surface area (Å²) in [5.41, 5.74) is 1.02. The van der Waals surface area contributed by atoms with Crippen molar-refractivity contribution >= 4 is 17.5 Å². The second-order valence-corrected chi connectivity index (χ2v) is 9.78. The highest BCUT2D eigenvalue weighted by atomic mass is 35.5. The number of benzene rings is 1. The zero-order valence-electron chi connectivity index (χ0n) is 18.2. The Morgan fingerprint density at radius 1 is 1.13 bits per heavy atom. The molecule has 7 heteroatoms. The van der Waals surface area contributed by atoms with Crippen LogP contribution in [0.4, 0.5) is 0 Å². The van der Waals surface area contributed by atoms with Crippen LogP contribution < -0.4 is 5.32 Å². The standard InChI is InChI=1S/C24H35ClN2O4/c25-19-7-5-17(6-8-19)12-26-24(29)11-21-9-10-22-23(31-21)16-30-15-20(28)14-27(22)13-18-3-1-2-4-18/h5-8,18,20-23,28H,1-4,9-16H2,(H,26,29)/t20-,21-,22-,23+/m1/s1. The second-order valence-electron chi connectivity index (χ2n) is 9.34. The van der Waals surface area contributed by atoms with Gasteiger partial charge in [-0.1, -0.05) is 36.6 Å². The van der Waals surface area contributed by atoms with Gasteiger partial charge in [0.1, 0.15) is 0 Å². The first-order valence-corrected chi connectivity index (χ1v) is 12.1. The number of carbonyl (C=O) groups is 1. The van der Waals surface area contributed by atoms with E-state index in [9.17, 15) is 9.90 Å². The highest BCUT2D eigenvalue weighted by Crippen LogP contribution is 2.31. The maximum Gasteiger partial charge on any atom is 0.222 e. The molecule has 3 aliphatic rings. The molecule has 4 atom stereocenters. The van der Waals surface area contributed by atoms with Crippen LogP contribution in [0.2, 0.25) is 5.02 Å². The van der Waals surface area contributed by atoms with Crippen LogP contribution in [-0.4, -0.2) is 66.6 Å². The van der Waals surface area contributed by atoms with E-state index in [0.717, 1.165) is 30.9 Å². The Labute approximate surface area is 190 Å². The largest absolute Gasteiger partial charge is 0.389 e. The Bertz CT molecular complexity index is 710. The molecule has 3 fully saturated rings. The summed E-state index contributed by atoms with van der Waals surface area (Å²) >= 11 is 5.91. The molecule has 1 saturated carbocycles. The summed E-state index contributed by atoms with van der Waals surface area (Å²) in [6, 6.07) is 7.75. The second kappa shape index (κ2) is 11.1. The van der Waals surface area contributed by atoms with E-state index in [1.807, 2.05) is 24.3 Å². The SMILES string of the molecule is O=C(C[C@H]1CC[C@@H]2[C@H](COC[C@H](O)CN2CC2CCCC2)O1)NCc1ccc(Cl)cc1. The summed E-state index contributed by atoms with van der Waals surface area (Å²) in [6.45, 7) is 3.00. The molecule has 0 unspecified atom stereocenters. The van der Waals surface area contributed by atoms with E-state index in [4.69, 9.17) is 21.1 Å². The zero-order valence-corrected chi connectivity index (χ0v) is 18.9. The van der Waals surface area contributed by atoms with Crippen molar-refractivity contribution in [1.82, 2.24) is 10.2 Å². The third-order valence-electron chi connectivity index (χ3n) is 6.87. The third-order valence-corrected chi connectivity index (χ3v) is 7.12. The molecule has 1 amide bonds. The van der Waals surface area contributed by atoms with Crippen LogP contribution in [0, 0.1) is 5.92 Å². The fourth-order valence-corrected chi connectivity index (χ4v) is 5.39. The lowest BCUT2D eigenvalue weighted by Gasteiger charge is -2.45. The van der Waals surface area contributed by atoms with Crippen molar-refractivity contribution in [2.24, 2.45) is 5.92 Å². The van der Waals surface area contributed by atoms with E-state index in [1.54, 1.807) is 0 Å². The van der Waals surface area contributed by atoms with Gasteiger partial charge in [0.15, 0.2) is 0 Å². The van der Waals surface area contributed by atoms with Crippen LogP contribution >= 0.6 is 11.6 Å². The lowest BCUT2D eigenvalue weighted by Crippen LogP contribution is -2.56. The highest BCUT2D eigenvalue weighted by Gasteiger charge is 2.38. The molecular weight excluding hydrogens is 416 g/mol. The predicted molar refractivity (Wildman–Crippen MR) is 120 cm³/mol. The molecule has 2 N–H and O–H groups in total. The number of nitrogens with zero attached hydrogens (tertiary/aromatic N) is 1. The minimum Gasteiger partial charge on any atom is -0.389 e. The lowest BCUT2D eigenvalue weighted by molar-refractivity contribution is -0.158. The van der Waals surface area contributed by atoms with Crippen LogP contribution in [0.15, 0.2) is 24.3 Å². The predicted octanol–water partition coefficient (Wildman–Crippen LogP) is 3.15. The van der Waals surface area contributed by atoms with Gasteiger partial charge < -0.3 is 19.9 Å². The number of halogens is 1. The van der Waals surface area contributed by atoms with Crippen molar-refractivity contribution in [2.75, 3.05) is 26.3 Å². The summed E-state index contributed by atoms with van der Waals surface area (Å²) in [5, 5.41) is 14.0. The van der Waals surface area contributed by atoms with Gasteiger partial charge in [0.2, 0.25) is 5.91 Å². The number of hydrogen-bond donors (Lipinski definition) is 2. The molecule has 172 valence electrons. The average Bonchev–Trinajstić information content (AvgIpc) is 3.25. The Balaban J connectivity index is 1.29. The van der Waals surface area contributed by atoms with Crippen LogP contribution in [-0.2, 0) is 20.8 Å². The first-order valence-electron chi connectivity index (χ1n) is 11.7. The van der Waals surface area contributed by atoms with Gasteiger partial charge in [0.05, 0.1) is 37.9 Å². The van der Waals surface area contributed by atoms with Crippen molar-refractivity contribution < 1.29 is 19.4 Å². The van der Waals surface area contributed by atoms with E-state index in [1.165, 1.54) is 25.7 Å². The maximum atomic E-state index is 12.5. The topological polar surface area (TPSA) is 71.0 Å². The minimum atomic E-state index is -0.446. The van der Waals surface area contributed by atoms with Gasteiger partial charge in [-0.3, -0.25) is 9.69 Å². The molecule has 0 radical (unpaired) electrons. The number of aliphatic hydroxyl groups is 1. The molecule has 1 aliphatic carbocycles. The van der Waals surface area contributed by atoms with Gasteiger partial charge in [-0.2, -0.15) is 0 Å². The third kappa shape index (κ3) is 6.65. The molecule has 0 aromatic heterocycles. The van der Waals surface area contributed by atoms with E-state index in [0.29, 0.717) is 37.7 Å². The summed E-state index contributed by atoms with van der Waals surface area (Å²) < 4.78 is 12.1. The Morgan fingerprint density at radius 3 is 2.68 bits per heavy atom. The molecule has 1 aromatic rings. The molecule has 4 rings (SSSR count). The van der Waals surface area contributed by atoms with Crippen LogP contribution in [0.25, 0.3) is 0 Å². The van der Waals surface area contributed by atoms with Crippen molar-refractivity contribution in [1.29, 1.82) is 0 Å². The Kier molecular flexibility index (Phi) is 8.24. The van der Waals surface area contributed by atoms with Crippen molar-refractivity contribution in [3.05, 3.63) is 34.9 Å². The van der Waals surface area contributed by atoms with Gasteiger partial charge in [-0.25, -0.2) is 0 Å². The van der Waals surface area contributed by atoms with Crippen molar-refractivity contribution in [3.8, 4) is 0 Å². The number of hydrogen-bond acceptors (Lipinski definition) is 5. The molecule has 31 heavy (non-hydrogen) atoms. The maximum absolute atomic E-state index is 12.5. The van der Waals surface area contributed by atoms with E-state index >= 15 is 0 Å². The van der Waals surface area contributed by atoms with E-state index < -0.39 is 6.10 Å². The molecule has 2 heterocycles. The quantitative estimate of drug-likeness (QED) is 0.696. The molecule has 0 bridgehead atoms. The van der Waals surface area contributed by atoms with Crippen molar-refractivity contribution in [3.63, 3.8) is 0 Å². The van der Waals surface area contributed by atoms with Gasteiger partial charge in [0, 0.05) is 30.7 Å². The van der Waals surface area contributed by atoms with E-state index in [-0.39, 0.29) is 24.2 Å². The van der Waals surface area contributed by atoms with Gasteiger partial charge in [-0.15, -0.1) is 0 Å². The van der Waals surface area contributed by atoms with Gasteiger partial charge in [0.25, 0.3) is 0 Å². The number of ether oxygens (including phenoxy) is 2. The number of β-amino-alcohol motifs (C(OH)–C–C–N with tert-alkyl or cyclic N) is 1. The Morgan fingerprint density at radius 2 is 1.90 bits per heavy atom. The van der Waals surface area contributed by atoms with E-state index in [2.05, 4.69) is 10.2 Å². The molecule has 0 spiro atoms. The molecule has 1 aromatic carbocycles. The summed E-state index contributed by atoms with van der Waals surface area (Å²) in [5.74, 6) is 0.730. The number of amides is 1. The lowest BCUT2D eigenvalue weighted by atomic mass is 9.93. The molecule has 6 nitrogen and oxygen atoms in total. The number of fused-ring (bicyclic) bond motifs is 1. The highest BCUT2D eigenvalue weighted by molar-refractivity contribution is 6.30. The van der Waals surface area contributed by atoms with Gasteiger partial charge in [-0.05, 0) is 49.3 Å². The average molecular weight is 451 g/mol. The number of carbonyl (C=O) groups excluding carboxylic acids is 1. The smallest absolute Gasteiger partial charge is 0.222 e. The summed E-state index contributed by atoms with van der Waals surface area (Å²) in [6.07, 6.45) is 6.83. The molecular formula is C24H35ClN2O4. The Hall–Kier alpha value is -1.18. The first-order chi connectivity index (χ1) is 15.1. The van der Waals surface area contributed by atoms with Crippen LogP contribution in [0.3, 0.4) is 0 Å². The minimum absolute atomic E-state index is 0.00314. The molecule has 2 aliphatic heterocycles. The fraction of sp³-hybridized carbons (Fsp3) is 0.708. The monoisotopic (exact) mass is 450 g/mol.